The zero-order valence-electron chi connectivity index (χ0n) is 10.0. The minimum absolute atomic E-state index is 0.106. The number of carboxylic acid groups (broad SMARTS) is 1. The predicted octanol–water partition coefficient (Wildman–Crippen LogP) is 1.50. The summed E-state index contributed by atoms with van der Waals surface area (Å²) < 4.78 is 0. The fraction of sp³-hybridized carbons (Fsp3) is 0.846. The van der Waals surface area contributed by atoms with E-state index in [1.807, 2.05) is 4.90 Å². The predicted molar refractivity (Wildman–Crippen MR) is 61.3 cm³/mol. The van der Waals surface area contributed by atoms with Crippen LogP contribution in [0.5, 0.6) is 0 Å². The van der Waals surface area contributed by atoms with Crippen molar-refractivity contribution in [1.29, 1.82) is 0 Å². The molecule has 0 bridgehead atoms. The molecule has 1 saturated heterocycles. The number of hydrogen-bond donors (Lipinski definition) is 1. The Balaban J connectivity index is 1.73. The van der Waals surface area contributed by atoms with Crippen molar-refractivity contribution in [1.82, 2.24) is 4.90 Å². The van der Waals surface area contributed by atoms with Gasteiger partial charge in [0.25, 0.3) is 0 Å². The molecule has 4 nitrogen and oxygen atoms in total. The highest BCUT2D eigenvalue weighted by Gasteiger charge is 2.54. The first-order valence-corrected chi connectivity index (χ1v) is 6.66. The van der Waals surface area contributed by atoms with E-state index in [0.29, 0.717) is 24.7 Å². The minimum Gasteiger partial charge on any atom is -0.480 e. The third-order valence-corrected chi connectivity index (χ3v) is 5.04. The molecular formula is C13H19NO3. The SMILES string of the molecule is O=C(O)C1(C(=O)N2CC3CCCC3C2)CCC1. The lowest BCUT2D eigenvalue weighted by atomic mass is 9.68. The standard InChI is InChI=1S/C13H19NO3/c15-11(13(12(16)17)5-2-6-13)14-7-9-3-1-4-10(9)8-14/h9-10H,1-8H2,(H,16,17). The third kappa shape index (κ3) is 1.49. The molecule has 17 heavy (non-hydrogen) atoms. The van der Waals surface area contributed by atoms with Crippen LogP contribution in [-0.2, 0) is 9.59 Å². The molecule has 4 heteroatoms. The van der Waals surface area contributed by atoms with E-state index in [-0.39, 0.29) is 5.91 Å². The molecule has 0 radical (unpaired) electrons. The van der Waals surface area contributed by atoms with E-state index in [9.17, 15) is 14.7 Å². The lowest BCUT2D eigenvalue weighted by Gasteiger charge is -2.39. The quantitative estimate of drug-likeness (QED) is 0.740. The van der Waals surface area contributed by atoms with Gasteiger partial charge in [0.05, 0.1) is 0 Å². The summed E-state index contributed by atoms with van der Waals surface area (Å²) in [4.78, 5) is 25.5. The number of carboxylic acids is 1. The molecule has 1 amide bonds. The molecule has 1 N–H and O–H groups in total. The van der Waals surface area contributed by atoms with Crippen LogP contribution in [0.4, 0.5) is 0 Å². The van der Waals surface area contributed by atoms with Gasteiger partial charge in [-0.05, 0) is 37.5 Å². The highest BCUT2D eigenvalue weighted by atomic mass is 16.4. The zero-order chi connectivity index (χ0) is 12.0. The van der Waals surface area contributed by atoms with Gasteiger partial charge in [0, 0.05) is 13.1 Å². The van der Waals surface area contributed by atoms with E-state index < -0.39 is 11.4 Å². The molecule has 2 aliphatic carbocycles. The highest BCUT2D eigenvalue weighted by Crippen LogP contribution is 2.45. The summed E-state index contributed by atoms with van der Waals surface area (Å²) in [6, 6.07) is 0. The van der Waals surface area contributed by atoms with E-state index in [0.717, 1.165) is 19.5 Å². The molecule has 2 atom stereocenters. The molecule has 3 aliphatic rings. The zero-order valence-corrected chi connectivity index (χ0v) is 10.0. The molecule has 0 spiro atoms. The van der Waals surface area contributed by atoms with Crippen molar-refractivity contribution in [2.75, 3.05) is 13.1 Å². The molecule has 3 fully saturated rings. The summed E-state index contributed by atoms with van der Waals surface area (Å²) in [6.07, 6.45) is 5.66. The number of fused-ring (bicyclic) bond motifs is 1. The first-order valence-electron chi connectivity index (χ1n) is 6.66. The first kappa shape index (κ1) is 11.1. The van der Waals surface area contributed by atoms with E-state index in [4.69, 9.17) is 0 Å². The van der Waals surface area contributed by atoms with Crippen LogP contribution in [0.1, 0.15) is 38.5 Å². The number of carbonyl (C=O) groups excluding carboxylic acids is 1. The van der Waals surface area contributed by atoms with Crippen molar-refractivity contribution in [2.45, 2.75) is 38.5 Å². The number of nitrogens with zero attached hydrogens (tertiary/aromatic N) is 1. The number of aliphatic carboxylic acids is 1. The van der Waals surface area contributed by atoms with Crippen molar-refractivity contribution >= 4 is 11.9 Å². The molecule has 2 saturated carbocycles. The lowest BCUT2D eigenvalue weighted by molar-refractivity contribution is -0.167. The Morgan fingerprint density at radius 2 is 1.65 bits per heavy atom. The summed E-state index contributed by atoms with van der Waals surface area (Å²) in [5.74, 6) is 0.270. The molecule has 1 aliphatic heterocycles. The average molecular weight is 237 g/mol. The largest absolute Gasteiger partial charge is 0.480 e. The Morgan fingerprint density at radius 3 is 2.06 bits per heavy atom. The molecular weight excluding hydrogens is 218 g/mol. The Labute approximate surface area is 101 Å². The van der Waals surface area contributed by atoms with Gasteiger partial charge in [-0.25, -0.2) is 0 Å². The molecule has 0 aromatic rings. The smallest absolute Gasteiger partial charge is 0.319 e. The van der Waals surface area contributed by atoms with Crippen LogP contribution in [0.15, 0.2) is 0 Å². The fourth-order valence-electron chi connectivity index (χ4n) is 3.75. The Hall–Kier alpha value is -1.06. The van der Waals surface area contributed by atoms with Gasteiger partial charge in [-0.3, -0.25) is 9.59 Å². The van der Waals surface area contributed by atoms with Gasteiger partial charge in [-0.2, -0.15) is 0 Å². The Morgan fingerprint density at radius 1 is 1.06 bits per heavy atom. The van der Waals surface area contributed by atoms with Gasteiger partial charge >= 0.3 is 5.97 Å². The maximum Gasteiger partial charge on any atom is 0.319 e. The molecule has 0 aromatic heterocycles. The van der Waals surface area contributed by atoms with Crippen LogP contribution < -0.4 is 0 Å². The van der Waals surface area contributed by atoms with Gasteiger partial charge < -0.3 is 10.0 Å². The topological polar surface area (TPSA) is 57.6 Å². The van der Waals surface area contributed by atoms with Crippen LogP contribution in [0.25, 0.3) is 0 Å². The van der Waals surface area contributed by atoms with Gasteiger partial charge in [0.2, 0.25) is 5.91 Å². The van der Waals surface area contributed by atoms with Crippen molar-refractivity contribution < 1.29 is 14.7 Å². The number of rotatable bonds is 2. The number of amides is 1. The summed E-state index contributed by atoms with van der Waals surface area (Å²) in [5.41, 5.74) is -1.06. The summed E-state index contributed by atoms with van der Waals surface area (Å²) in [7, 11) is 0. The number of hydrogen-bond acceptors (Lipinski definition) is 2. The number of carbonyl (C=O) groups is 2. The van der Waals surface area contributed by atoms with Crippen LogP contribution in [-0.4, -0.2) is 35.0 Å². The van der Waals surface area contributed by atoms with Crippen molar-refractivity contribution in [2.24, 2.45) is 17.3 Å². The maximum atomic E-state index is 12.4. The van der Waals surface area contributed by atoms with Crippen molar-refractivity contribution in [3.05, 3.63) is 0 Å². The summed E-state index contributed by atoms with van der Waals surface area (Å²) in [6.45, 7) is 1.61. The van der Waals surface area contributed by atoms with E-state index in [2.05, 4.69) is 0 Å². The van der Waals surface area contributed by atoms with Crippen LogP contribution >= 0.6 is 0 Å². The molecule has 2 unspecified atom stereocenters. The molecule has 94 valence electrons. The first-order chi connectivity index (χ1) is 8.13. The van der Waals surface area contributed by atoms with Gasteiger partial charge in [0.15, 0.2) is 0 Å². The van der Waals surface area contributed by atoms with Gasteiger partial charge in [-0.1, -0.05) is 12.8 Å². The molecule has 1 heterocycles. The molecule has 0 aromatic carbocycles. The second kappa shape index (κ2) is 3.72. The second-order valence-electron chi connectivity index (χ2n) is 5.90. The lowest BCUT2D eigenvalue weighted by Crippen LogP contribution is -2.52. The summed E-state index contributed by atoms with van der Waals surface area (Å²) >= 11 is 0. The van der Waals surface area contributed by atoms with Crippen molar-refractivity contribution in [3.8, 4) is 0 Å². The van der Waals surface area contributed by atoms with Gasteiger partial charge in [-0.15, -0.1) is 0 Å². The summed E-state index contributed by atoms with van der Waals surface area (Å²) in [5, 5.41) is 9.27. The van der Waals surface area contributed by atoms with E-state index >= 15 is 0 Å². The fourth-order valence-corrected chi connectivity index (χ4v) is 3.75. The van der Waals surface area contributed by atoms with E-state index in [1.165, 1.54) is 19.3 Å². The number of likely N-dealkylation sites (tertiary alicyclic amines) is 1. The Bertz CT molecular complexity index is 350. The van der Waals surface area contributed by atoms with Crippen LogP contribution in [0.2, 0.25) is 0 Å². The van der Waals surface area contributed by atoms with E-state index in [1.54, 1.807) is 0 Å². The van der Waals surface area contributed by atoms with Gasteiger partial charge in [0.1, 0.15) is 5.41 Å². The Kier molecular flexibility index (Phi) is 2.42. The monoisotopic (exact) mass is 237 g/mol. The second-order valence-corrected chi connectivity index (χ2v) is 5.90. The highest BCUT2D eigenvalue weighted by molar-refractivity contribution is 6.02. The minimum atomic E-state index is -1.06. The third-order valence-electron chi connectivity index (χ3n) is 5.04. The van der Waals surface area contributed by atoms with Crippen LogP contribution in [0.3, 0.4) is 0 Å². The maximum absolute atomic E-state index is 12.4. The van der Waals surface area contributed by atoms with Crippen LogP contribution in [0, 0.1) is 17.3 Å². The molecule has 3 rings (SSSR count). The average Bonchev–Trinajstić information content (AvgIpc) is 2.72. The normalized spacial score (nSPS) is 34.2. The van der Waals surface area contributed by atoms with Crippen molar-refractivity contribution in [3.63, 3.8) is 0 Å².